The van der Waals surface area contributed by atoms with Crippen LogP contribution in [0.2, 0.25) is 0 Å². The van der Waals surface area contributed by atoms with Gasteiger partial charge in [0.05, 0.1) is 13.2 Å². The molecule has 0 atom stereocenters. The molecule has 2 aromatic rings. The Labute approximate surface area is 142 Å². The van der Waals surface area contributed by atoms with Gasteiger partial charge in [-0.15, -0.1) is 0 Å². The molecule has 0 spiro atoms. The predicted molar refractivity (Wildman–Crippen MR) is 96.3 cm³/mol. The molecule has 0 aliphatic carbocycles. The number of hydrogen-bond acceptors (Lipinski definition) is 4. The van der Waals surface area contributed by atoms with Crippen molar-refractivity contribution >= 4 is 13.7 Å². The molecule has 0 unspecified atom stereocenters. The van der Waals surface area contributed by atoms with Gasteiger partial charge in [0.25, 0.3) is 0 Å². The lowest BCUT2D eigenvalue weighted by atomic mass is 10.0. The molecule has 0 bridgehead atoms. The lowest BCUT2D eigenvalue weighted by molar-refractivity contribution is 0.227. The Kier molecular flexibility index (Phi) is 6.52. The van der Waals surface area contributed by atoms with Crippen molar-refractivity contribution in [1.29, 1.82) is 5.26 Å². The third kappa shape index (κ3) is 4.43. The summed E-state index contributed by atoms with van der Waals surface area (Å²) in [7, 11) is -3.56. The first-order valence-electron chi connectivity index (χ1n) is 7.80. The topological polar surface area (TPSA) is 59.3 Å². The maximum absolute atomic E-state index is 12.7. The molecule has 0 saturated carbocycles. The van der Waals surface area contributed by atoms with Crippen molar-refractivity contribution in [2.24, 2.45) is 0 Å². The average molecular weight is 341 g/mol. The maximum atomic E-state index is 12.7. The van der Waals surface area contributed by atoms with Gasteiger partial charge in [0.2, 0.25) is 0 Å². The van der Waals surface area contributed by atoms with Crippen LogP contribution in [-0.2, 0) is 13.6 Å². The summed E-state index contributed by atoms with van der Waals surface area (Å²) >= 11 is 0. The number of hydrogen-bond donors (Lipinski definition) is 0. The van der Waals surface area contributed by atoms with Gasteiger partial charge in [0.1, 0.15) is 11.4 Å². The number of benzene rings is 2. The van der Waals surface area contributed by atoms with E-state index in [2.05, 4.69) is 0 Å². The second kappa shape index (κ2) is 8.61. The van der Waals surface area contributed by atoms with Crippen molar-refractivity contribution in [3.05, 3.63) is 65.5 Å². The minimum Gasteiger partial charge on any atom is -0.305 e. The van der Waals surface area contributed by atoms with Crippen LogP contribution in [-0.4, -0.2) is 13.2 Å². The number of allylic oxidation sites excluding steroid dienone is 1. The fourth-order valence-corrected chi connectivity index (χ4v) is 3.71. The van der Waals surface area contributed by atoms with Crippen LogP contribution in [0.25, 0.3) is 17.2 Å². The fourth-order valence-electron chi connectivity index (χ4n) is 2.25. The summed E-state index contributed by atoms with van der Waals surface area (Å²) in [6.07, 6.45) is 1.56. The number of nitrogens with zero attached hydrogens (tertiary/aromatic N) is 1. The maximum Gasteiger partial charge on any atom is 0.371 e. The molecule has 0 aliphatic rings. The van der Waals surface area contributed by atoms with Gasteiger partial charge < -0.3 is 9.05 Å². The first kappa shape index (κ1) is 18.2. The summed E-state index contributed by atoms with van der Waals surface area (Å²) in [6, 6.07) is 19.6. The van der Waals surface area contributed by atoms with E-state index in [0.29, 0.717) is 0 Å². The first-order valence-corrected chi connectivity index (χ1v) is 9.34. The van der Waals surface area contributed by atoms with E-state index in [1.165, 1.54) is 0 Å². The molecule has 0 aliphatic heterocycles. The molecule has 5 heteroatoms. The van der Waals surface area contributed by atoms with Crippen molar-refractivity contribution < 1.29 is 13.6 Å². The quantitative estimate of drug-likeness (QED) is 0.494. The number of rotatable bonds is 7. The minimum atomic E-state index is -3.56. The van der Waals surface area contributed by atoms with E-state index in [1.54, 1.807) is 19.9 Å². The van der Waals surface area contributed by atoms with Gasteiger partial charge in [-0.25, -0.2) is 0 Å². The molecule has 0 fully saturated rings. The van der Waals surface area contributed by atoms with Crippen LogP contribution in [0.3, 0.4) is 0 Å². The zero-order valence-corrected chi connectivity index (χ0v) is 14.7. The Bertz CT molecular complexity index is 767. The second-order valence-electron chi connectivity index (χ2n) is 4.96. The standard InChI is InChI=1S/C19H20NO3P/c1-3-22-24(21,23-4-2)19(15-20)14-16-10-12-18(13-11-16)17-8-6-5-7-9-17/h5-14H,3-4H2,1-2H3/b19-14+. The Balaban J connectivity index is 2.31. The highest BCUT2D eigenvalue weighted by molar-refractivity contribution is 7.59. The van der Waals surface area contributed by atoms with E-state index < -0.39 is 7.60 Å². The molecule has 4 nitrogen and oxygen atoms in total. The van der Waals surface area contributed by atoms with Crippen LogP contribution in [0.4, 0.5) is 0 Å². The molecule has 0 N–H and O–H groups in total. The van der Waals surface area contributed by atoms with E-state index in [-0.39, 0.29) is 18.5 Å². The Morgan fingerprint density at radius 3 is 2.04 bits per heavy atom. The van der Waals surface area contributed by atoms with Crippen LogP contribution in [0, 0.1) is 11.3 Å². The van der Waals surface area contributed by atoms with Crippen molar-refractivity contribution in [1.82, 2.24) is 0 Å². The Morgan fingerprint density at radius 1 is 1.00 bits per heavy atom. The van der Waals surface area contributed by atoms with Gasteiger partial charge in [-0.2, -0.15) is 5.26 Å². The Morgan fingerprint density at radius 2 is 1.54 bits per heavy atom. The highest BCUT2D eigenvalue weighted by Crippen LogP contribution is 2.56. The summed E-state index contributed by atoms with van der Waals surface area (Å²) in [5.41, 5.74) is 2.96. The molecule has 2 aromatic carbocycles. The summed E-state index contributed by atoms with van der Waals surface area (Å²) in [5.74, 6) is 0. The zero-order chi connectivity index (χ0) is 17.4. The van der Waals surface area contributed by atoms with Crippen molar-refractivity contribution in [3.8, 4) is 17.2 Å². The van der Waals surface area contributed by atoms with Crippen LogP contribution < -0.4 is 0 Å². The lowest BCUT2D eigenvalue weighted by Crippen LogP contribution is -1.97. The highest BCUT2D eigenvalue weighted by Gasteiger charge is 2.29. The summed E-state index contributed by atoms with van der Waals surface area (Å²) < 4.78 is 23.2. The fraction of sp³-hybridized carbons (Fsp3) is 0.211. The van der Waals surface area contributed by atoms with Crippen molar-refractivity contribution in [2.45, 2.75) is 13.8 Å². The van der Waals surface area contributed by atoms with E-state index in [9.17, 15) is 9.83 Å². The van der Waals surface area contributed by atoms with Crippen LogP contribution in [0.5, 0.6) is 0 Å². The monoisotopic (exact) mass is 341 g/mol. The van der Waals surface area contributed by atoms with Gasteiger partial charge in [0, 0.05) is 0 Å². The molecular formula is C19H20NO3P. The summed E-state index contributed by atoms with van der Waals surface area (Å²) in [4.78, 5) is 0. The third-order valence-electron chi connectivity index (χ3n) is 3.33. The SMILES string of the molecule is CCOP(=O)(OCC)/C(C#N)=C/c1ccc(-c2ccccc2)cc1. The molecule has 0 heterocycles. The largest absolute Gasteiger partial charge is 0.371 e. The second-order valence-corrected chi connectivity index (χ2v) is 6.96. The molecule has 124 valence electrons. The first-order chi connectivity index (χ1) is 11.6. The molecule has 2 rings (SSSR count). The minimum absolute atomic E-state index is 0.0126. The van der Waals surface area contributed by atoms with E-state index >= 15 is 0 Å². The molecule has 24 heavy (non-hydrogen) atoms. The van der Waals surface area contributed by atoms with Gasteiger partial charge in [-0.05, 0) is 36.6 Å². The van der Waals surface area contributed by atoms with Gasteiger partial charge in [-0.3, -0.25) is 4.57 Å². The molecule has 0 saturated heterocycles. The highest BCUT2D eigenvalue weighted by atomic mass is 31.2. The lowest BCUT2D eigenvalue weighted by Gasteiger charge is -2.15. The molecule has 0 radical (unpaired) electrons. The molecule has 0 aromatic heterocycles. The smallest absolute Gasteiger partial charge is 0.305 e. The van der Waals surface area contributed by atoms with Crippen molar-refractivity contribution in [3.63, 3.8) is 0 Å². The number of nitriles is 1. The Hall–Kier alpha value is -2.18. The van der Waals surface area contributed by atoms with E-state index in [4.69, 9.17) is 9.05 Å². The summed E-state index contributed by atoms with van der Waals surface area (Å²) in [5, 5.41) is 9.37. The van der Waals surface area contributed by atoms with Crippen LogP contribution in [0.15, 0.2) is 59.9 Å². The summed E-state index contributed by atoms with van der Waals surface area (Å²) in [6.45, 7) is 3.86. The third-order valence-corrected chi connectivity index (χ3v) is 5.34. The van der Waals surface area contributed by atoms with E-state index in [1.807, 2.05) is 60.7 Å². The van der Waals surface area contributed by atoms with Gasteiger partial charge in [-0.1, -0.05) is 54.6 Å². The normalized spacial score (nSPS) is 12.0. The van der Waals surface area contributed by atoms with E-state index in [0.717, 1.165) is 16.7 Å². The predicted octanol–water partition coefficient (Wildman–Crippen LogP) is 5.48. The van der Waals surface area contributed by atoms with Gasteiger partial charge in [0.15, 0.2) is 0 Å². The van der Waals surface area contributed by atoms with Gasteiger partial charge >= 0.3 is 7.60 Å². The van der Waals surface area contributed by atoms with Crippen molar-refractivity contribution in [2.75, 3.05) is 13.2 Å². The zero-order valence-electron chi connectivity index (χ0n) is 13.8. The average Bonchev–Trinajstić information content (AvgIpc) is 2.61. The molecular weight excluding hydrogens is 321 g/mol. The molecule has 0 amide bonds. The van der Waals surface area contributed by atoms with Crippen LogP contribution in [0.1, 0.15) is 19.4 Å². The van der Waals surface area contributed by atoms with Crippen LogP contribution >= 0.6 is 7.60 Å².